The lowest BCUT2D eigenvalue weighted by Crippen LogP contribution is -2.40. The lowest BCUT2D eigenvalue weighted by Gasteiger charge is -2.26. The van der Waals surface area contributed by atoms with E-state index in [9.17, 15) is 31.7 Å². The summed E-state index contributed by atoms with van der Waals surface area (Å²) in [6.07, 6.45) is 0. The van der Waals surface area contributed by atoms with Crippen LogP contribution >= 0.6 is 0 Å². The van der Waals surface area contributed by atoms with Gasteiger partial charge in [0.05, 0.1) is 39.2 Å². The van der Waals surface area contributed by atoms with Crippen molar-refractivity contribution in [3.63, 3.8) is 0 Å². The van der Waals surface area contributed by atoms with Gasteiger partial charge in [-0.05, 0) is 49.7 Å². The van der Waals surface area contributed by atoms with Crippen molar-refractivity contribution in [2.45, 2.75) is 23.6 Å². The molecule has 0 unspecified atom stereocenters. The fourth-order valence-electron chi connectivity index (χ4n) is 3.95. The van der Waals surface area contributed by atoms with Crippen molar-refractivity contribution in [3.05, 3.63) is 87.5 Å². The third kappa shape index (κ3) is 6.09. The number of carbonyl (C=O) groups excluding carboxylic acids is 1. The quantitative estimate of drug-likeness (QED) is 0.306. The van der Waals surface area contributed by atoms with Gasteiger partial charge in [-0.25, -0.2) is 16.8 Å². The zero-order chi connectivity index (χ0) is 28.4. The number of benzene rings is 3. The molecule has 1 fully saturated rings. The van der Waals surface area contributed by atoms with Crippen LogP contribution in [0.1, 0.15) is 21.5 Å². The van der Waals surface area contributed by atoms with Gasteiger partial charge >= 0.3 is 0 Å². The predicted molar refractivity (Wildman–Crippen MR) is 144 cm³/mol. The number of morpholine rings is 1. The topological polar surface area (TPSA) is 165 Å². The number of nitro groups is 1. The summed E-state index contributed by atoms with van der Waals surface area (Å²) in [5.74, 6) is -0.688. The van der Waals surface area contributed by atoms with Crippen LogP contribution in [0.3, 0.4) is 0 Å². The van der Waals surface area contributed by atoms with Crippen molar-refractivity contribution < 1.29 is 31.3 Å². The van der Waals surface area contributed by atoms with Crippen LogP contribution < -0.4 is 10.0 Å². The molecule has 0 bridgehead atoms. The summed E-state index contributed by atoms with van der Waals surface area (Å²) in [5.41, 5.74) is 0.671. The van der Waals surface area contributed by atoms with Crippen LogP contribution in [0, 0.1) is 24.0 Å². The van der Waals surface area contributed by atoms with E-state index in [1.54, 1.807) is 13.0 Å². The molecule has 14 heteroatoms. The molecular weight excluding hydrogens is 548 g/mol. The van der Waals surface area contributed by atoms with E-state index in [0.717, 1.165) is 6.07 Å². The summed E-state index contributed by atoms with van der Waals surface area (Å²) in [7, 11) is -8.11. The highest BCUT2D eigenvalue weighted by atomic mass is 32.2. The molecule has 39 heavy (non-hydrogen) atoms. The first-order valence-corrected chi connectivity index (χ1v) is 14.7. The van der Waals surface area contributed by atoms with Gasteiger partial charge in [0.2, 0.25) is 10.0 Å². The number of hydrogen-bond donors (Lipinski definition) is 2. The summed E-state index contributed by atoms with van der Waals surface area (Å²) in [5, 5.41) is 13.9. The third-order valence-electron chi connectivity index (χ3n) is 6.17. The van der Waals surface area contributed by atoms with E-state index < -0.39 is 30.9 Å². The second-order valence-corrected chi connectivity index (χ2v) is 12.4. The van der Waals surface area contributed by atoms with E-state index >= 15 is 0 Å². The van der Waals surface area contributed by atoms with Crippen molar-refractivity contribution in [2.24, 2.45) is 0 Å². The number of para-hydroxylation sites is 1. The molecule has 3 aromatic carbocycles. The van der Waals surface area contributed by atoms with Crippen molar-refractivity contribution in [3.8, 4) is 0 Å². The number of nitro benzene ring substituents is 1. The van der Waals surface area contributed by atoms with E-state index in [0.29, 0.717) is 11.1 Å². The molecule has 206 valence electrons. The summed E-state index contributed by atoms with van der Waals surface area (Å²) in [4.78, 5) is 23.5. The first kappa shape index (κ1) is 28.2. The Kier molecular flexibility index (Phi) is 8.02. The van der Waals surface area contributed by atoms with Crippen LogP contribution in [0.2, 0.25) is 0 Å². The first-order valence-electron chi connectivity index (χ1n) is 11.8. The second-order valence-electron chi connectivity index (χ2n) is 8.80. The van der Waals surface area contributed by atoms with Gasteiger partial charge in [0.15, 0.2) is 0 Å². The van der Waals surface area contributed by atoms with Crippen molar-refractivity contribution in [1.82, 2.24) is 4.31 Å². The number of anilines is 2. The second kappa shape index (κ2) is 11.1. The lowest BCUT2D eigenvalue weighted by atomic mass is 10.1. The SMILES string of the molecule is Cc1ccc(S(=O)(=O)N2CCOCC2)cc1NC(=O)c1ccccc1NS(=O)(=O)c1ccc(C)c([N+](=O)[O-])c1. The number of carbonyl (C=O) groups is 1. The molecule has 3 aromatic rings. The Balaban J connectivity index is 1.61. The zero-order valence-electron chi connectivity index (χ0n) is 21.1. The van der Waals surface area contributed by atoms with E-state index in [-0.39, 0.29) is 58.7 Å². The minimum atomic E-state index is -4.29. The van der Waals surface area contributed by atoms with Crippen LogP contribution in [0.15, 0.2) is 70.5 Å². The Hall–Kier alpha value is -3.85. The van der Waals surface area contributed by atoms with E-state index in [2.05, 4.69) is 10.0 Å². The maximum Gasteiger partial charge on any atom is 0.273 e. The van der Waals surface area contributed by atoms with Crippen molar-refractivity contribution in [1.29, 1.82) is 0 Å². The minimum absolute atomic E-state index is 0.000235. The molecule has 1 heterocycles. The molecule has 1 aliphatic rings. The average molecular weight is 575 g/mol. The number of nitrogens with one attached hydrogen (secondary N) is 2. The van der Waals surface area contributed by atoms with Crippen LogP contribution in [-0.4, -0.2) is 58.3 Å². The monoisotopic (exact) mass is 574 g/mol. The number of aryl methyl sites for hydroxylation is 2. The molecule has 0 atom stereocenters. The molecule has 2 N–H and O–H groups in total. The van der Waals surface area contributed by atoms with Crippen LogP contribution in [0.25, 0.3) is 0 Å². The minimum Gasteiger partial charge on any atom is -0.379 e. The highest BCUT2D eigenvalue weighted by molar-refractivity contribution is 7.92. The molecule has 1 amide bonds. The summed E-state index contributed by atoms with van der Waals surface area (Å²) in [6.45, 7) is 4.20. The van der Waals surface area contributed by atoms with Gasteiger partial charge in [-0.2, -0.15) is 4.31 Å². The average Bonchev–Trinajstić information content (AvgIpc) is 2.90. The fraction of sp³-hybridized carbons (Fsp3) is 0.240. The summed E-state index contributed by atoms with van der Waals surface area (Å²) >= 11 is 0. The zero-order valence-corrected chi connectivity index (χ0v) is 22.7. The van der Waals surface area contributed by atoms with Crippen LogP contribution in [0.5, 0.6) is 0 Å². The lowest BCUT2D eigenvalue weighted by molar-refractivity contribution is -0.385. The molecule has 1 aliphatic heterocycles. The van der Waals surface area contributed by atoms with Gasteiger partial charge in [0.1, 0.15) is 0 Å². The highest BCUT2D eigenvalue weighted by Gasteiger charge is 2.27. The number of ether oxygens (including phenoxy) is 1. The van der Waals surface area contributed by atoms with Gasteiger partial charge in [0.25, 0.3) is 21.6 Å². The summed E-state index contributed by atoms with van der Waals surface area (Å²) < 4.78 is 61.1. The van der Waals surface area contributed by atoms with Crippen molar-refractivity contribution >= 4 is 43.0 Å². The molecular formula is C25H26N4O8S2. The Morgan fingerprint density at radius 3 is 2.23 bits per heavy atom. The van der Waals surface area contributed by atoms with Gasteiger partial charge in [0, 0.05) is 30.4 Å². The first-order chi connectivity index (χ1) is 18.4. The van der Waals surface area contributed by atoms with Crippen LogP contribution in [-0.2, 0) is 24.8 Å². The Morgan fingerprint density at radius 2 is 1.54 bits per heavy atom. The maximum absolute atomic E-state index is 13.2. The predicted octanol–water partition coefficient (Wildman–Crippen LogP) is 3.29. The maximum atomic E-state index is 13.2. The smallest absolute Gasteiger partial charge is 0.273 e. The normalized spacial score (nSPS) is 14.5. The molecule has 0 spiro atoms. The van der Waals surface area contributed by atoms with Gasteiger partial charge in [-0.3, -0.25) is 19.6 Å². The fourth-order valence-corrected chi connectivity index (χ4v) is 6.48. The van der Waals surface area contributed by atoms with Crippen LogP contribution in [0.4, 0.5) is 17.1 Å². The molecule has 12 nitrogen and oxygen atoms in total. The Morgan fingerprint density at radius 1 is 0.897 bits per heavy atom. The molecule has 0 radical (unpaired) electrons. The number of sulfonamides is 2. The molecule has 0 aliphatic carbocycles. The largest absolute Gasteiger partial charge is 0.379 e. The number of rotatable bonds is 8. The van der Waals surface area contributed by atoms with Gasteiger partial charge < -0.3 is 10.1 Å². The van der Waals surface area contributed by atoms with Gasteiger partial charge in [-0.1, -0.05) is 24.3 Å². The van der Waals surface area contributed by atoms with E-state index in [4.69, 9.17) is 4.74 Å². The van der Waals surface area contributed by atoms with E-state index in [1.165, 1.54) is 59.8 Å². The number of amides is 1. The van der Waals surface area contributed by atoms with Crippen molar-refractivity contribution in [2.75, 3.05) is 36.3 Å². The molecule has 0 aromatic heterocycles. The van der Waals surface area contributed by atoms with Gasteiger partial charge in [-0.15, -0.1) is 0 Å². The van der Waals surface area contributed by atoms with E-state index in [1.807, 2.05) is 0 Å². The molecule has 4 rings (SSSR count). The third-order valence-corrected chi connectivity index (χ3v) is 9.43. The highest BCUT2D eigenvalue weighted by Crippen LogP contribution is 2.27. The molecule has 0 saturated carbocycles. The Bertz CT molecular complexity index is 1650. The summed E-state index contributed by atoms with van der Waals surface area (Å²) in [6, 6.07) is 13.7. The molecule has 1 saturated heterocycles. The Labute approximate surface area is 225 Å². The number of hydrogen-bond acceptors (Lipinski definition) is 8. The number of nitrogens with zero attached hydrogens (tertiary/aromatic N) is 2. The standard InChI is InChI=1S/C25H26N4O8S2/c1-17-7-10-20(39(35,36)28-11-13-37-14-12-28)15-23(17)26-25(30)21-5-3-4-6-22(21)27-38(33,34)19-9-8-18(2)24(16-19)29(31)32/h3-10,15-16,27H,11-14H2,1-2H3,(H,26,30).